The molecule has 3 N–H and O–H groups in total. The summed E-state index contributed by atoms with van der Waals surface area (Å²) in [7, 11) is 1.55. The third-order valence-corrected chi connectivity index (χ3v) is 9.41. The van der Waals surface area contributed by atoms with Gasteiger partial charge in [-0.3, -0.25) is 13.8 Å². The zero-order valence-corrected chi connectivity index (χ0v) is 32.2. The molecule has 0 bridgehead atoms. The number of rotatable bonds is 34. The number of aliphatic hydroxyl groups excluding tert-OH is 1. The standard InChI is InChI=1S/C38H75N2O6P/c1-6-8-10-12-14-15-16-17-18-19-20-21-22-23-24-25-26-27-29-31-37(41)36(39-38(42)32-30-28-13-11-9-7-2)35-46-47(43,44)45-34-33-40(3,4)5/h24-25,29,31,36-37,41H,6-23,26-28,30,32-35H2,1-5H3,(H-,39,42,43,44)/p+1/b25-24+,31-29+. The predicted octanol–water partition coefficient (Wildman–Crippen LogP) is 9.80. The molecule has 3 unspecified atom stereocenters. The van der Waals surface area contributed by atoms with Gasteiger partial charge in [-0.1, -0.05) is 147 Å². The van der Waals surface area contributed by atoms with E-state index in [2.05, 4.69) is 31.3 Å². The van der Waals surface area contributed by atoms with Crippen LogP contribution in [0.4, 0.5) is 0 Å². The van der Waals surface area contributed by atoms with E-state index < -0.39 is 20.0 Å². The number of nitrogens with zero attached hydrogens (tertiary/aromatic N) is 1. The molecule has 9 heteroatoms. The van der Waals surface area contributed by atoms with Crippen molar-refractivity contribution in [2.45, 2.75) is 174 Å². The molecule has 0 saturated carbocycles. The largest absolute Gasteiger partial charge is 0.472 e. The SMILES string of the molecule is CCCCCCCCCCCCCCC/C=C/CC/C=C/C(O)C(COP(=O)(O)OCC[N+](C)(C)C)NC(=O)CCCCCCCC. The molecule has 0 aliphatic rings. The Morgan fingerprint density at radius 1 is 0.702 bits per heavy atom. The summed E-state index contributed by atoms with van der Waals surface area (Å²) in [5.41, 5.74) is 0. The summed E-state index contributed by atoms with van der Waals surface area (Å²) in [6.45, 7) is 4.71. The van der Waals surface area contributed by atoms with Crippen LogP contribution in [0.1, 0.15) is 162 Å². The third kappa shape index (κ3) is 33.3. The summed E-state index contributed by atoms with van der Waals surface area (Å²) in [5, 5.41) is 13.6. The topological polar surface area (TPSA) is 105 Å². The molecule has 0 radical (unpaired) electrons. The van der Waals surface area contributed by atoms with Crippen LogP contribution in [0.25, 0.3) is 0 Å². The van der Waals surface area contributed by atoms with Gasteiger partial charge in [-0.25, -0.2) is 4.57 Å². The van der Waals surface area contributed by atoms with Crippen molar-refractivity contribution in [3.8, 4) is 0 Å². The van der Waals surface area contributed by atoms with Crippen LogP contribution in [0.2, 0.25) is 0 Å². The molecule has 8 nitrogen and oxygen atoms in total. The highest BCUT2D eigenvalue weighted by atomic mass is 31.2. The van der Waals surface area contributed by atoms with E-state index in [1.807, 2.05) is 27.2 Å². The summed E-state index contributed by atoms with van der Waals surface area (Å²) in [6.07, 6.45) is 34.2. The molecule has 0 rings (SSSR count). The van der Waals surface area contributed by atoms with Crippen LogP contribution in [0.15, 0.2) is 24.3 Å². The average Bonchev–Trinajstić information content (AvgIpc) is 3.01. The van der Waals surface area contributed by atoms with Gasteiger partial charge in [0, 0.05) is 6.42 Å². The Bertz CT molecular complexity index is 829. The van der Waals surface area contributed by atoms with Gasteiger partial charge in [-0.2, -0.15) is 0 Å². The number of phosphoric ester groups is 1. The minimum atomic E-state index is -4.33. The van der Waals surface area contributed by atoms with E-state index in [1.165, 1.54) is 103 Å². The molecule has 0 aromatic carbocycles. The zero-order valence-electron chi connectivity index (χ0n) is 31.3. The zero-order chi connectivity index (χ0) is 35.1. The molecule has 1 amide bonds. The second-order valence-corrected chi connectivity index (χ2v) is 15.8. The van der Waals surface area contributed by atoms with Crippen molar-refractivity contribution in [2.24, 2.45) is 0 Å². The number of hydrogen-bond donors (Lipinski definition) is 3. The molecule has 0 aliphatic carbocycles. The Balaban J connectivity index is 4.41. The quantitative estimate of drug-likeness (QED) is 0.0269. The molecule has 0 heterocycles. The van der Waals surface area contributed by atoms with Crippen molar-refractivity contribution in [3.63, 3.8) is 0 Å². The first kappa shape index (κ1) is 46.0. The van der Waals surface area contributed by atoms with E-state index in [-0.39, 0.29) is 19.1 Å². The Morgan fingerprint density at radius 2 is 1.17 bits per heavy atom. The first-order valence-electron chi connectivity index (χ1n) is 19.2. The molecule has 0 fully saturated rings. The molecule has 47 heavy (non-hydrogen) atoms. The molecule has 0 spiro atoms. The minimum Gasteiger partial charge on any atom is -0.387 e. The Kier molecular flexibility index (Phi) is 30.3. The van der Waals surface area contributed by atoms with Crippen LogP contribution in [-0.4, -0.2) is 73.4 Å². The number of unbranched alkanes of at least 4 members (excludes halogenated alkanes) is 19. The first-order valence-corrected chi connectivity index (χ1v) is 20.7. The van der Waals surface area contributed by atoms with Crippen molar-refractivity contribution < 1.29 is 32.9 Å². The van der Waals surface area contributed by atoms with Crippen LogP contribution >= 0.6 is 7.82 Å². The van der Waals surface area contributed by atoms with Crippen molar-refractivity contribution >= 4 is 13.7 Å². The molecule has 0 saturated heterocycles. The fraction of sp³-hybridized carbons (Fsp3) is 0.868. The van der Waals surface area contributed by atoms with Gasteiger partial charge in [-0.05, 0) is 32.1 Å². The number of carbonyl (C=O) groups excluding carboxylic acids is 1. The van der Waals surface area contributed by atoms with Crippen LogP contribution in [0.5, 0.6) is 0 Å². The van der Waals surface area contributed by atoms with Crippen LogP contribution in [-0.2, 0) is 18.4 Å². The lowest BCUT2D eigenvalue weighted by atomic mass is 10.0. The smallest absolute Gasteiger partial charge is 0.387 e. The highest BCUT2D eigenvalue weighted by molar-refractivity contribution is 7.47. The second kappa shape index (κ2) is 31.0. The van der Waals surface area contributed by atoms with E-state index >= 15 is 0 Å². The molecule has 278 valence electrons. The summed E-state index contributed by atoms with van der Waals surface area (Å²) < 4.78 is 23.3. The maximum atomic E-state index is 12.6. The Hall–Kier alpha value is -1.02. The summed E-state index contributed by atoms with van der Waals surface area (Å²) in [6, 6.07) is -0.854. The van der Waals surface area contributed by atoms with Crippen molar-refractivity contribution in [2.75, 3.05) is 40.9 Å². The van der Waals surface area contributed by atoms with Gasteiger partial charge in [-0.15, -0.1) is 0 Å². The number of aliphatic hydroxyl groups is 1. The van der Waals surface area contributed by atoms with Crippen LogP contribution in [0.3, 0.4) is 0 Å². The fourth-order valence-corrected chi connectivity index (χ4v) is 6.03. The van der Waals surface area contributed by atoms with Gasteiger partial charge in [0.1, 0.15) is 13.2 Å². The maximum Gasteiger partial charge on any atom is 0.472 e. The molecule has 0 aromatic rings. The number of carbonyl (C=O) groups is 1. The molecule has 0 aliphatic heterocycles. The normalized spacial score (nSPS) is 15.0. The van der Waals surface area contributed by atoms with Gasteiger partial charge in [0.15, 0.2) is 0 Å². The maximum absolute atomic E-state index is 12.6. The molecule has 0 aromatic heterocycles. The summed E-state index contributed by atoms with van der Waals surface area (Å²) >= 11 is 0. The summed E-state index contributed by atoms with van der Waals surface area (Å²) in [5.74, 6) is -0.198. The lowest BCUT2D eigenvalue weighted by molar-refractivity contribution is -0.870. The first-order chi connectivity index (χ1) is 22.5. The lowest BCUT2D eigenvalue weighted by Gasteiger charge is -2.25. The van der Waals surface area contributed by atoms with Crippen LogP contribution < -0.4 is 5.32 Å². The Morgan fingerprint density at radius 3 is 1.70 bits per heavy atom. The van der Waals surface area contributed by atoms with Gasteiger partial charge < -0.3 is 19.8 Å². The van der Waals surface area contributed by atoms with Crippen LogP contribution in [0, 0.1) is 0 Å². The molecular formula is C38H76N2O6P+. The number of phosphoric acid groups is 1. The minimum absolute atomic E-state index is 0.0572. The van der Waals surface area contributed by atoms with E-state index in [4.69, 9.17) is 9.05 Å². The van der Waals surface area contributed by atoms with E-state index in [0.29, 0.717) is 17.4 Å². The van der Waals surface area contributed by atoms with Gasteiger partial charge in [0.05, 0.1) is 39.9 Å². The average molecular weight is 688 g/mol. The predicted molar refractivity (Wildman–Crippen MR) is 198 cm³/mol. The monoisotopic (exact) mass is 688 g/mol. The lowest BCUT2D eigenvalue weighted by Crippen LogP contribution is -2.45. The van der Waals surface area contributed by atoms with Crippen molar-refractivity contribution in [1.82, 2.24) is 5.32 Å². The third-order valence-electron chi connectivity index (χ3n) is 8.42. The number of allylic oxidation sites excluding steroid dienone is 3. The highest BCUT2D eigenvalue weighted by Gasteiger charge is 2.27. The molecule has 3 atom stereocenters. The number of nitrogens with one attached hydrogen (secondary N) is 1. The van der Waals surface area contributed by atoms with Gasteiger partial charge in [0.25, 0.3) is 0 Å². The van der Waals surface area contributed by atoms with E-state index in [9.17, 15) is 19.4 Å². The Labute approximate surface area is 290 Å². The van der Waals surface area contributed by atoms with Gasteiger partial charge in [0.2, 0.25) is 5.91 Å². The second-order valence-electron chi connectivity index (χ2n) is 14.3. The van der Waals surface area contributed by atoms with Crippen molar-refractivity contribution in [1.29, 1.82) is 0 Å². The number of quaternary nitrogens is 1. The van der Waals surface area contributed by atoms with Crippen molar-refractivity contribution in [3.05, 3.63) is 24.3 Å². The van der Waals surface area contributed by atoms with Gasteiger partial charge >= 0.3 is 7.82 Å². The number of hydrogen-bond acceptors (Lipinski definition) is 5. The van der Waals surface area contributed by atoms with E-state index in [0.717, 1.165) is 38.5 Å². The highest BCUT2D eigenvalue weighted by Crippen LogP contribution is 2.43. The van der Waals surface area contributed by atoms with E-state index in [1.54, 1.807) is 6.08 Å². The summed E-state index contributed by atoms with van der Waals surface area (Å²) in [4.78, 5) is 22.8. The fourth-order valence-electron chi connectivity index (χ4n) is 5.29. The number of likely N-dealkylation sites (N-methyl/N-ethyl adjacent to an activating group) is 1. The molecular weight excluding hydrogens is 611 g/mol. The number of amides is 1.